The quantitative estimate of drug-likeness (QED) is 0.0519. The van der Waals surface area contributed by atoms with E-state index in [1.54, 1.807) is 4.90 Å². The van der Waals surface area contributed by atoms with Crippen molar-refractivity contribution in [2.24, 2.45) is 0 Å². The van der Waals surface area contributed by atoms with Gasteiger partial charge < -0.3 is 19.6 Å². The number of nitrogens with zero attached hydrogens (tertiary/aromatic N) is 3. The molecule has 0 spiro atoms. The summed E-state index contributed by atoms with van der Waals surface area (Å²) in [5.74, 6) is -0.737. The smallest absolute Gasteiger partial charge is 0.261 e. The van der Waals surface area contributed by atoms with Crippen LogP contribution in [-0.2, 0) is 11.3 Å². The highest BCUT2D eigenvalue weighted by atomic mass is 16.5. The van der Waals surface area contributed by atoms with Crippen molar-refractivity contribution in [2.45, 2.75) is 83.9 Å². The van der Waals surface area contributed by atoms with E-state index < -0.39 is 6.23 Å². The number of aliphatic hydroxyl groups excluding tert-OH is 1. The van der Waals surface area contributed by atoms with Gasteiger partial charge in [-0.1, -0.05) is 107 Å². The van der Waals surface area contributed by atoms with Crippen LogP contribution in [-0.4, -0.2) is 65.5 Å². The van der Waals surface area contributed by atoms with Crippen LogP contribution < -0.4 is 4.90 Å². The number of ether oxygens (including phenoxy) is 1. The highest BCUT2D eigenvalue weighted by Gasteiger charge is 2.37. The van der Waals surface area contributed by atoms with Crippen molar-refractivity contribution in [3.05, 3.63) is 101 Å². The maximum atomic E-state index is 14.1. The lowest BCUT2D eigenvalue weighted by Crippen LogP contribution is -2.39. The van der Waals surface area contributed by atoms with Gasteiger partial charge >= 0.3 is 0 Å². The second kappa shape index (κ2) is 14.9. The SMILES string of the molecule is CCCCCCCCCCCCN1C(=O)c2ccc3c4ccc5c6c(ccc(c7ccc(c2c37)C1O)c64)C(=O)N(Cc1ccc(N2CCOCC2)cc1)C5=O. The zero-order valence-electron chi connectivity index (χ0n) is 31.7. The Hall–Kier alpha value is -5.05. The summed E-state index contributed by atoms with van der Waals surface area (Å²) in [7, 11) is 0. The number of carbonyl (C=O) groups excluding carboxylic acids is 3. The Morgan fingerprint density at radius 3 is 1.67 bits per heavy atom. The second-order valence-corrected chi connectivity index (χ2v) is 15.7. The normalized spacial score (nSPS) is 17.2. The fourth-order valence-corrected chi connectivity index (χ4v) is 9.44. The van der Waals surface area contributed by atoms with Gasteiger partial charge in [0.1, 0.15) is 0 Å². The molecule has 0 bridgehead atoms. The Bertz CT molecular complexity index is 2360. The van der Waals surface area contributed by atoms with E-state index in [-0.39, 0.29) is 24.3 Å². The van der Waals surface area contributed by atoms with Crippen LogP contribution in [0, 0.1) is 0 Å². The lowest BCUT2D eigenvalue weighted by Gasteiger charge is -2.35. The molecule has 1 N–H and O–H groups in total. The van der Waals surface area contributed by atoms with Gasteiger partial charge in [-0.15, -0.1) is 0 Å². The minimum Gasteiger partial charge on any atom is -0.378 e. The number of aliphatic hydroxyl groups is 1. The van der Waals surface area contributed by atoms with E-state index in [1.807, 2.05) is 60.7 Å². The number of hydrogen-bond donors (Lipinski definition) is 1. The standard InChI is InChI=1S/C47H49N3O5/c1-2-3-4-5-6-7-8-9-10-11-24-49-44(51)36-20-16-32-34-18-22-38-43-39(23-19-35(41(34)43)33-17-21-37(45(49)52)42(36)40(32)33)47(54)50(46(38)53)29-30-12-14-31(15-13-30)48-25-27-55-28-26-48/h12-23,44,51H,2-11,24-29H2,1H3. The summed E-state index contributed by atoms with van der Waals surface area (Å²) in [6.07, 6.45) is 11.1. The Kier molecular flexibility index (Phi) is 9.65. The molecule has 0 saturated carbocycles. The van der Waals surface area contributed by atoms with Crippen LogP contribution in [0.5, 0.6) is 0 Å². The van der Waals surface area contributed by atoms with Gasteiger partial charge in [-0.3, -0.25) is 19.3 Å². The van der Waals surface area contributed by atoms with Crippen molar-refractivity contribution in [1.82, 2.24) is 9.80 Å². The maximum absolute atomic E-state index is 14.1. The number of amides is 3. The summed E-state index contributed by atoms with van der Waals surface area (Å²) in [6, 6.07) is 23.7. The molecule has 55 heavy (non-hydrogen) atoms. The van der Waals surface area contributed by atoms with Crippen LogP contribution in [0.2, 0.25) is 0 Å². The summed E-state index contributed by atoms with van der Waals surface area (Å²) < 4.78 is 5.49. The van der Waals surface area contributed by atoms with Crippen LogP contribution in [0.4, 0.5) is 5.69 Å². The van der Waals surface area contributed by atoms with E-state index in [9.17, 15) is 19.5 Å². The number of fused-ring (bicyclic) bond motifs is 2. The molecule has 6 aromatic rings. The Morgan fingerprint density at radius 1 is 0.582 bits per heavy atom. The predicted molar refractivity (Wildman–Crippen MR) is 219 cm³/mol. The van der Waals surface area contributed by atoms with Gasteiger partial charge in [-0.25, -0.2) is 0 Å². The molecule has 1 saturated heterocycles. The van der Waals surface area contributed by atoms with Gasteiger partial charge in [0.25, 0.3) is 17.7 Å². The fraction of sp³-hybridized carbons (Fsp3) is 0.383. The number of unbranched alkanes of at least 4 members (excludes halogenated alkanes) is 9. The molecule has 1 unspecified atom stereocenters. The molecule has 0 radical (unpaired) electrons. The monoisotopic (exact) mass is 735 g/mol. The van der Waals surface area contributed by atoms with Crippen LogP contribution in [0.1, 0.15) is 120 Å². The third-order valence-electron chi connectivity index (χ3n) is 12.4. The van der Waals surface area contributed by atoms with Crippen LogP contribution >= 0.6 is 0 Å². The van der Waals surface area contributed by atoms with E-state index in [1.165, 1.54) is 49.8 Å². The topological polar surface area (TPSA) is 90.4 Å². The lowest BCUT2D eigenvalue weighted by molar-refractivity contribution is 0.00419. The molecule has 3 amide bonds. The molecule has 8 heteroatoms. The number of imide groups is 1. The summed E-state index contributed by atoms with van der Waals surface area (Å²) in [5, 5.41) is 18.7. The van der Waals surface area contributed by atoms with E-state index in [0.29, 0.717) is 41.8 Å². The first-order valence-electron chi connectivity index (χ1n) is 20.4. The predicted octanol–water partition coefficient (Wildman–Crippen LogP) is 9.74. The first-order chi connectivity index (χ1) is 27.0. The minimum absolute atomic E-state index is 0.136. The van der Waals surface area contributed by atoms with E-state index in [4.69, 9.17) is 4.74 Å². The molecular formula is C47H49N3O5. The summed E-state index contributed by atoms with van der Waals surface area (Å²) in [6.45, 7) is 6.04. The molecule has 9 rings (SSSR count). The Morgan fingerprint density at radius 2 is 1.09 bits per heavy atom. The zero-order chi connectivity index (χ0) is 37.6. The van der Waals surface area contributed by atoms with Gasteiger partial charge in [-0.2, -0.15) is 0 Å². The highest BCUT2D eigenvalue weighted by molar-refractivity contribution is 6.39. The zero-order valence-corrected chi connectivity index (χ0v) is 31.7. The first kappa shape index (κ1) is 35.6. The molecular weight excluding hydrogens is 687 g/mol. The van der Waals surface area contributed by atoms with Crippen molar-refractivity contribution >= 4 is 66.5 Å². The van der Waals surface area contributed by atoms with Gasteiger partial charge in [0.05, 0.1) is 19.8 Å². The summed E-state index contributed by atoms with van der Waals surface area (Å²) in [4.78, 5) is 47.5. The molecule has 282 valence electrons. The third-order valence-corrected chi connectivity index (χ3v) is 12.4. The van der Waals surface area contributed by atoms with E-state index >= 15 is 0 Å². The van der Waals surface area contributed by atoms with Crippen molar-refractivity contribution in [1.29, 1.82) is 0 Å². The molecule has 8 nitrogen and oxygen atoms in total. The fourth-order valence-electron chi connectivity index (χ4n) is 9.44. The number of benzene rings is 6. The maximum Gasteiger partial charge on any atom is 0.261 e. The van der Waals surface area contributed by atoms with Gasteiger partial charge in [0.2, 0.25) is 0 Å². The molecule has 0 aromatic heterocycles. The third kappa shape index (κ3) is 6.10. The molecule has 0 aliphatic carbocycles. The Labute approximate surface area is 322 Å². The average Bonchev–Trinajstić information content (AvgIpc) is 3.22. The number of hydrogen-bond acceptors (Lipinski definition) is 6. The Balaban J connectivity index is 0.990. The number of rotatable bonds is 14. The van der Waals surface area contributed by atoms with E-state index in [0.717, 1.165) is 86.9 Å². The minimum atomic E-state index is -1.02. The van der Waals surface area contributed by atoms with Crippen molar-refractivity contribution in [3.63, 3.8) is 0 Å². The summed E-state index contributed by atoms with van der Waals surface area (Å²) >= 11 is 0. The molecule has 3 aliphatic heterocycles. The van der Waals surface area contributed by atoms with Gasteiger partial charge in [0, 0.05) is 58.3 Å². The van der Waals surface area contributed by atoms with Crippen LogP contribution in [0.15, 0.2) is 72.8 Å². The largest absolute Gasteiger partial charge is 0.378 e. The van der Waals surface area contributed by atoms with Crippen molar-refractivity contribution < 1.29 is 24.2 Å². The lowest BCUT2D eigenvalue weighted by atomic mass is 9.82. The molecule has 3 aliphatic rings. The number of morpholine rings is 1. The molecule has 1 atom stereocenters. The van der Waals surface area contributed by atoms with Crippen molar-refractivity contribution in [3.8, 4) is 0 Å². The molecule has 6 aromatic carbocycles. The van der Waals surface area contributed by atoms with Gasteiger partial charge in [-0.05, 0) is 74.6 Å². The molecule has 3 heterocycles. The first-order valence-corrected chi connectivity index (χ1v) is 20.4. The average molecular weight is 736 g/mol. The van der Waals surface area contributed by atoms with Crippen molar-refractivity contribution in [2.75, 3.05) is 37.7 Å². The number of carbonyl (C=O) groups is 3. The number of anilines is 1. The summed E-state index contributed by atoms with van der Waals surface area (Å²) in [5.41, 5.74) is 4.38. The highest BCUT2D eigenvalue weighted by Crippen LogP contribution is 2.47. The molecule has 1 fully saturated rings. The van der Waals surface area contributed by atoms with Gasteiger partial charge in [0.15, 0.2) is 6.23 Å². The van der Waals surface area contributed by atoms with Crippen LogP contribution in [0.3, 0.4) is 0 Å². The van der Waals surface area contributed by atoms with Crippen LogP contribution in [0.25, 0.3) is 43.1 Å². The second-order valence-electron chi connectivity index (χ2n) is 15.7. The van der Waals surface area contributed by atoms with E-state index in [2.05, 4.69) is 24.0 Å².